The van der Waals surface area contributed by atoms with E-state index >= 15 is 0 Å². The Morgan fingerprint density at radius 3 is 2.43 bits per heavy atom. The molecule has 0 radical (unpaired) electrons. The second kappa shape index (κ2) is 7.30. The number of hydrogen-bond donors (Lipinski definition) is 1. The molecule has 0 aromatic heterocycles. The van der Waals surface area contributed by atoms with E-state index in [9.17, 15) is 0 Å². The fourth-order valence-electron chi connectivity index (χ4n) is 2.90. The van der Waals surface area contributed by atoms with E-state index in [4.69, 9.17) is 4.74 Å². The molecule has 0 heterocycles. The summed E-state index contributed by atoms with van der Waals surface area (Å²) in [5.41, 5.74) is 2.53. The van der Waals surface area contributed by atoms with E-state index in [1.54, 1.807) is 0 Å². The smallest absolute Gasteiger partial charge is 0.124 e. The Morgan fingerprint density at radius 2 is 1.65 bits per heavy atom. The first kappa shape index (κ1) is 15.6. The molecule has 23 heavy (non-hydrogen) atoms. The minimum absolute atomic E-state index is 0.296. The molecular weight excluding hydrogens is 282 g/mol. The minimum atomic E-state index is 0.296. The number of benzene rings is 3. The minimum Gasteiger partial charge on any atom is -0.494 e. The molecule has 0 bridgehead atoms. The summed E-state index contributed by atoms with van der Waals surface area (Å²) in [6.07, 6.45) is 0. The van der Waals surface area contributed by atoms with Crippen molar-refractivity contribution in [3.63, 3.8) is 0 Å². The Labute approximate surface area is 138 Å². The molecule has 0 spiro atoms. The molecule has 0 amide bonds. The lowest BCUT2D eigenvalue weighted by molar-refractivity contribution is 0.335. The summed E-state index contributed by atoms with van der Waals surface area (Å²) in [7, 11) is 0. The van der Waals surface area contributed by atoms with Crippen LogP contribution in [0.2, 0.25) is 0 Å². The largest absolute Gasteiger partial charge is 0.494 e. The van der Waals surface area contributed by atoms with Crippen molar-refractivity contribution in [3.8, 4) is 5.75 Å². The second-order valence-electron chi connectivity index (χ2n) is 5.71. The molecule has 0 fully saturated rings. The van der Waals surface area contributed by atoms with Gasteiger partial charge >= 0.3 is 0 Å². The summed E-state index contributed by atoms with van der Waals surface area (Å²) in [6.45, 7) is 5.69. The van der Waals surface area contributed by atoms with E-state index < -0.39 is 0 Å². The van der Waals surface area contributed by atoms with Crippen molar-refractivity contribution in [2.45, 2.75) is 26.4 Å². The standard InChI is InChI=1S/C21H23NO/c1-3-23-21-14-13-18-11-7-8-12-19(18)20(21)15-22-16(2)17-9-5-4-6-10-17/h4-14,16,22H,3,15H2,1-2H3/t16-/m1/s1. The number of rotatable bonds is 6. The fraction of sp³-hybridized carbons (Fsp3) is 0.238. The van der Waals surface area contributed by atoms with Crippen LogP contribution in [0.1, 0.15) is 31.0 Å². The van der Waals surface area contributed by atoms with Gasteiger partial charge in [-0.05, 0) is 36.2 Å². The van der Waals surface area contributed by atoms with Crippen molar-refractivity contribution in [3.05, 3.63) is 77.9 Å². The second-order valence-corrected chi connectivity index (χ2v) is 5.71. The molecule has 1 atom stereocenters. The summed E-state index contributed by atoms with van der Waals surface area (Å²) >= 11 is 0. The Bertz CT molecular complexity index is 767. The van der Waals surface area contributed by atoms with Crippen LogP contribution >= 0.6 is 0 Å². The first-order chi connectivity index (χ1) is 11.3. The highest BCUT2D eigenvalue weighted by Crippen LogP contribution is 2.28. The van der Waals surface area contributed by atoms with Crippen LogP contribution in [0.25, 0.3) is 10.8 Å². The summed E-state index contributed by atoms with van der Waals surface area (Å²) in [6, 6.07) is 23.5. The lowest BCUT2D eigenvalue weighted by Gasteiger charge is -2.18. The van der Waals surface area contributed by atoms with Gasteiger partial charge in [-0.25, -0.2) is 0 Å². The number of ether oxygens (including phenoxy) is 1. The van der Waals surface area contributed by atoms with E-state index in [-0.39, 0.29) is 0 Å². The zero-order valence-electron chi connectivity index (χ0n) is 13.8. The van der Waals surface area contributed by atoms with E-state index in [1.807, 2.05) is 13.0 Å². The average Bonchev–Trinajstić information content (AvgIpc) is 2.61. The van der Waals surface area contributed by atoms with Gasteiger partial charge in [-0.15, -0.1) is 0 Å². The van der Waals surface area contributed by atoms with Gasteiger partial charge in [-0.1, -0.05) is 60.7 Å². The monoisotopic (exact) mass is 305 g/mol. The van der Waals surface area contributed by atoms with Gasteiger partial charge in [0.05, 0.1) is 6.61 Å². The highest BCUT2D eigenvalue weighted by atomic mass is 16.5. The maximum Gasteiger partial charge on any atom is 0.124 e. The molecule has 118 valence electrons. The highest BCUT2D eigenvalue weighted by Gasteiger charge is 2.11. The molecule has 0 aliphatic heterocycles. The van der Waals surface area contributed by atoms with E-state index in [1.165, 1.54) is 21.9 Å². The Balaban J connectivity index is 1.87. The van der Waals surface area contributed by atoms with Gasteiger partial charge < -0.3 is 10.1 Å². The van der Waals surface area contributed by atoms with Crippen LogP contribution in [-0.4, -0.2) is 6.61 Å². The van der Waals surface area contributed by atoms with E-state index in [0.717, 1.165) is 12.3 Å². The normalized spacial score (nSPS) is 12.3. The summed E-state index contributed by atoms with van der Waals surface area (Å²) in [5.74, 6) is 0.971. The first-order valence-corrected chi connectivity index (χ1v) is 8.21. The van der Waals surface area contributed by atoms with Gasteiger partial charge in [0, 0.05) is 18.2 Å². The van der Waals surface area contributed by atoms with E-state index in [2.05, 4.69) is 72.9 Å². The van der Waals surface area contributed by atoms with Gasteiger partial charge in [-0.3, -0.25) is 0 Å². The third kappa shape index (κ3) is 3.54. The zero-order chi connectivity index (χ0) is 16.1. The van der Waals surface area contributed by atoms with Gasteiger partial charge in [0.15, 0.2) is 0 Å². The molecule has 1 N–H and O–H groups in total. The lowest BCUT2D eigenvalue weighted by Crippen LogP contribution is -2.18. The molecule has 0 unspecified atom stereocenters. The summed E-state index contributed by atoms with van der Waals surface area (Å²) < 4.78 is 5.84. The van der Waals surface area contributed by atoms with Crippen LogP contribution in [0.4, 0.5) is 0 Å². The fourth-order valence-corrected chi connectivity index (χ4v) is 2.90. The van der Waals surface area contributed by atoms with Crippen molar-refractivity contribution < 1.29 is 4.74 Å². The molecule has 3 rings (SSSR count). The van der Waals surface area contributed by atoms with Crippen molar-refractivity contribution in [1.82, 2.24) is 5.32 Å². The predicted molar refractivity (Wildman–Crippen MR) is 96.8 cm³/mol. The van der Waals surface area contributed by atoms with Crippen LogP contribution < -0.4 is 10.1 Å². The maximum atomic E-state index is 5.84. The van der Waals surface area contributed by atoms with E-state index in [0.29, 0.717) is 12.6 Å². The molecule has 0 saturated carbocycles. The van der Waals surface area contributed by atoms with Crippen molar-refractivity contribution >= 4 is 10.8 Å². The quantitative estimate of drug-likeness (QED) is 0.685. The number of nitrogens with one attached hydrogen (secondary N) is 1. The van der Waals surface area contributed by atoms with Crippen LogP contribution in [0.5, 0.6) is 5.75 Å². The molecule has 0 saturated heterocycles. The van der Waals surface area contributed by atoms with Gasteiger partial charge in [-0.2, -0.15) is 0 Å². The van der Waals surface area contributed by atoms with Crippen LogP contribution in [0.3, 0.4) is 0 Å². The van der Waals surface area contributed by atoms with Crippen LogP contribution in [0.15, 0.2) is 66.7 Å². The molecule has 2 nitrogen and oxygen atoms in total. The zero-order valence-corrected chi connectivity index (χ0v) is 13.8. The molecule has 3 aromatic carbocycles. The molecular formula is C21H23NO. The van der Waals surface area contributed by atoms with Gasteiger partial charge in [0.2, 0.25) is 0 Å². The highest BCUT2D eigenvalue weighted by molar-refractivity contribution is 5.87. The number of fused-ring (bicyclic) bond motifs is 1. The third-order valence-corrected chi connectivity index (χ3v) is 4.18. The van der Waals surface area contributed by atoms with Crippen molar-refractivity contribution in [2.24, 2.45) is 0 Å². The topological polar surface area (TPSA) is 21.3 Å². The molecule has 2 heteroatoms. The van der Waals surface area contributed by atoms with Crippen molar-refractivity contribution in [2.75, 3.05) is 6.61 Å². The Hall–Kier alpha value is -2.32. The summed E-state index contributed by atoms with van der Waals surface area (Å²) in [5, 5.41) is 6.13. The number of hydrogen-bond acceptors (Lipinski definition) is 2. The predicted octanol–water partition coefficient (Wildman–Crippen LogP) is 5.09. The lowest BCUT2D eigenvalue weighted by atomic mass is 10.0. The Morgan fingerprint density at radius 1 is 0.913 bits per heavy atom. The summed E-state index contributed by atoms with van der Waals surface area (Å²) in [4.78, 5) is 0. The SMILES string of the molecule is CCOc1ccc2ccccc2c1CN[C@H](C)c1ccccc1. The Kier molecular flexibility index (Phi) is 4.94. The molecule has 0 aliphatic carbocycles. The van der Waals surface area contributed by atoms with Crippen LogP contribution in [-0.2, 0) is 6.54 Å². The van der Waals surface area contributed by atoms with Crippen molar-refractivity contribution in [1.29, 1.82) is 0 Å². The maximum absolute atomic E-state index is 5.84. The van der Waals surface area contributed by atoms with Crippen LogP contribution in [0, 0.1) is 0 Å². The molecule has 3 aromatic rings. The average molecular weight is 305 g/mol. The third-order valence-electron chi connectivity index (χ3n) is 4.18. The molecule has 0 aliphatic rings. The van der Waals surface area contributed by atoms with Gasteiger partial charge in [0.25, 0.3) is 0 Å². The first-order valence-electron chi connectivity index (χ1n) is 8.21. The van der Waals surface area contributed by atoms with Gasteiger partial charge in [0.1, 0.15) is 5.75 Å².